The van der Waals surface area contributed by atoms with E-state index in [0.29, 0.717) is 5.82 Å². The van der Waals surface area contributed by atoms with Crippen LogP contribution in [-0.2, 0) is 10.5 Å². The lowest BCUT2D eigenvalue weighted by Crippen LogP contribution is -2.28. The Kier molecular flexibility index (Phi) is 4.35. The van der Waals surface area contributed by atoms with E-state index >= 15 is 0 Å². The van der Waals surface area contributed by atoms with Crippen LogP contribution in [0.5, 0.6) is 0 Å². The summed E-state index contributed by atoms with van der Waals surface area (Å²) < 4.78 is 0. The average molecular weight is 238 g/mol. The molecule has 3 nitrogen and oxygen atoms in total. The molecule has 0 aromatic carbocycles. The minimum atomic E-state index is -0.395. The third kappa shape index (κ3) is 3.52. The molecule has 1 aromatic heterocycles. The Morgan fingerprint density at radius 1 is 1.50 bits per heavy atom. The lowest BCUT2D eigenvalue weighted by Gasteiger charge is -2.18. The number of carbonyl (C=O) groups is 1. The normalized spacial score (nSPS) is 11.2. The van der Waals surface area contributed by atoms with Crippen molar-refractivity contribution in [2.45, 2.75) is 26.5 Å². The van der Waals surface area contributed by atoms with Gasteiger partial charge in [0.1, 0.15) is 5.82 Å². The summed E-state index contributed by atoms with van der Waals surface area (Å²) in [4.78, 5) is 16.0. The molecule has 16 heavy (non-hydrogen) atoms. The number of carbonyl (C=O) groups excluding carboxylic acids is 1. The van der Waals surface area contributed by atoms with Crippen LogP contribution in [-0.4, -0.2) is 17.1 Å². The Labute approximate surface area is 101 Å². The van der Waals surface area contributed by atoms with Crippen LogP contribution in [0.15, 0.2) is 18.3 Å². The van der Waals surface area contributed by atoms with Crippen LogP contribution in [0.3, 0.4) is 0 Å². The van der Waals surface area contributed by atoms with Gasteiger partial charge in [0.05, 0.1) is 0 Å². The Morgan fingerprint density at radius 3 is 2.75 bits per heavy atom. The molecule has 0 aliphatic rings. The summed E-state index contributed by atoms with van der Waals surface area (Å²) in [5.74, 6) is 1.53. The van der Waals surface area contributed by atoms with Gasteiger partial charge in [0.25, 0.3) is 0 Å². The highest BCUT2D eigenvalue weighted by molar-refractivity contribution is 7.97. The fourth-order valence-electron chi connectivity index (χ4n) is 1.12. The first kappa shape index (κ1) is 13.0. The summed E-state index contributed by atoms with van der Waals surface area (Å²) in [5.41, 5.74) is 0.668. The van der Waals surface area contributed by atoms with Gasteiger partial charge in [-0.05, 0) is 12.3 Å². The molecule has 4 heteroatoms. The molecule has 1 heterocycles. The number of rotatable bonds is 3. The smallest absolute Gasteiger partial charge is 0.230 e. The van der Waals surface area contributed by atoms with E-state index in [1.807, 2.05) is 39.2 Å². The van der Waals surface area contributed by atoms with Crippen molar-refractivity contribution >= 4 is 23.5 Å². The van der Waals surface area contributed by atoms with Crippen molar-refractivity contribution in [3.63, 3.8) is 0 Å². The molecule has 0 fully saturated rings. The summed E-state index contributed by atoms with van der Waals surface area (Å²) in [6.45, 7) is 5.67. The zero-order valence-electron chi connectivity index (χ0n) is 10.2. The van der Waals surface area contributed by atoms with Crippen molar-refractivity contribution < 1.29 is 4.79 Å². The van der Waals surface area contributed by atoms with Crippen molar-refractivity contribution in [1.29, 1.82) is 0 Å². The first-order valence-corrected chi connectivity index (χ1v) is 6.59. The number of thioether (sulfide) groups is 1. The molecule has 0 bridgehead atoms. The van der Waals surface area contributed by atoms with Gasteiger partial charge in [-0.15, -0.1) is 0 Å². The van der Waals surface area contributed by atoms with Gasteiger partial charge in [-0.2, -0.15) is 11.8 Å². The average Bonchev–Trinajstić information content (AvgIpc) is 2.20. The van der Waals surface area contributed by atoms with Gasteiger partial charge >= 0.3 is 0 Å². The Hall–Kier alpha value is -1.03. The third-order valence-corrected chi connectivity index (χ3v) is 2.70. The molecule has 0 aliphatic carbocycles. The quantitative estimate of drug-likeness (QED) is 0.880. The summed E-state index contributed by atoms with van der Waals surface area (Å²) in [6, 6.07) is 3.88. The number of amides is 1. The molecule has 1 rings (SSSR count). The van der Waals surface area contributed by atoms with Crippen LogP contribution in [0, 0.1) is 5.41 Å². The molecule has 0 radical (unpaired) electrons. The largest absolute Gasteiger partial charge is 0.310 e. The van der Waals surface area contributed by atoms with Crippen LogP contribution in [0.4, 0.5) is 5.82 Å². The fraction of sp³-hybridized carbons (Fsp3) is 0.500. The Morgan fingerprint density at radius 2 is 2.19 bits per heavy atom. The van der Waals surface area contributed by atoms with Crippen LogP contribution < -0.4 is 5.32 Å². The highest BCUT2D eigenvalue weighted by Crippen LogP contribution is 2.20. The maximum Gasteiger partial charge on any atom is 0.230 e. The number of pyridine rings is 1. The number of nitrogens with one attached hydrogen (secondary N) is 1. The summed E-state index contributed by atoms with van der Waals surface area (Å²) >= 11 is 1.71. The molecule has 0 unspecified atom stereocenters. The molecule has 1 aromatic rings. The van der Waals surface area contributed by atoms with Crippen LogP contribution in [0.25, 0.3) is 0 Å². The van der Waals surface area contributed by atoms with Gasteiger partial charge < -0.3 is 5.32 Å². The Bertz CT molecular complexity index is 372. The number of hydrogen-bond acceptors (Lipinski definition) is 3. The third-order valence-electron chi connectivity index (χ3n) is 2.10. The molecule has 0 atom stereocenters. The SMILES string of the molecule is CSCc1cccnc1NC(=O)C(C)(C)C. The van der Waals surface area contributed by atoms with E-state index in [0.717, 1.165) is 11.3 Å². The van der Waals surface area contributed by atoms with E-state index in [1.54, 1.807) is 18.0 Å². The highest BCUT2D eigenvalue weighted by Gasteiger charge is 2.22. The number of nitrogens with zero attached hydrogens (tertiary/aromatic N) is 1. The van der Waals surface area contributed by atoms with E-state index in [9.17, 15) is 4.79 Å². The van der Waals surface area contributed by atoms with Crippen molar-refractivity contribution in [2.75, 3.05) is 11.6 Å². The molecule has 0 saturated carbocycles. The second kappa shape index (κ2) is 5.34. The minimum Gasteiger partial charge on any atom is -0.310 e. The number of hydrogen-bond donors (Lipinski definition) is 1. The molecule has 0 aliphatic heterocycles. The van der Waals surface area contributed by atoms with E-state index in [2.05, 4.69) is 10.3 Å². The van der Waals surface area contributed by atoms with Gasteiger partial charge in [0.15, 0.2) is 0 Å². The predicted molar refractivity (Wildman–Crippen MR) is 69.5 cm³/mol. The van der Waals surface area contributed by atoms with Crippen molar-refractivity contribution in [2.24, 2.45) is 5.41 Å². The van der Waals surface area contributed by atoms with Crippen molar-refractivity contribution in [3.8, 4) is 0 Å². The van der Waals surface area contributed by atoms with Gasteiger partial charge in [0.2, 0.25) is 5.91 Å². The van der Waals surface area contributed by atoms with Gasteiger partial charge in [-0.1, -0.05) is 26.8 Å². The zero-order valence-corrected chi connectivity index (χ0v) is 11.0. The first-order chi connectivity index (χ1) is 7.45. The van der Waals surface area contributed by atoms with Crippen molar-refractivity contribution in [1.82, 2.24) is 4.98 Å². The fourth-order valence-corrected chi connectivity index (χ4v) is 1.66. The van der Waals surface area contributed by atoms with Crippen LogP contribution >= 0.6 is 11.8 Å². The van der Waals surface area contributed by atoms with Crippen molar-refractivity contribution in [3.05, 3.63) is 23.9 Å². The molecule has 1 amide bonds. The predicted octanol–water partition coefficient (Wildman–Crippen LogP) is 2.93. The molecular formula is C12H18N2OS. The number of aromatic nitrogens is 1. The lowest BCUT2D eigenvalue weighted by molar-refractivity contribution is -0.123. The summed E-state index contributed by atoms with van der Waals surface area (Å²) in [5, 5.41) is 2.87. The standard InChI is InChI=1S/C12H18N2OS/c1-12(2,3)11(15)14-10-9(8-16-4)6-5-7-13-10/h5-7H,8H2,1-4H3,(H,13,14,15). The molecule has 1 N–H and O–H groups in total. The van der Waals surface area contributed by atoms with E-state index in [1.165, 1.54) is 0 Å². The van der Waals surface area contributed by atoms with Crippen LogP contribution in [0.2, 0.25) is 0 Å². The molecular weight excluding hydrogens is 220 g/mol. The molecule has 0 saturated heterocycles. The topological polar surface area (TPSA) is 42.0 Å². The lowest BCUT2D eigenvalue weighted by atomic mass is 9.96. The minimum absolute atomic E-state index is 0.00597. The summed E-state index contributed by atoms with van der Waals surface area (Å²) in [7, 11) is 0. The highest BCUT2D eigenvalue weighted by atomic mass is 32.2. The molecule has 0 spiro atoms. The summed E-state index contributed by atoms with van der Waals surface area (Å²) in [6.07, 6.45) is 3.73. The maximum atomic E-state index is 11.8. The second-order valence-corrected chi connectivity index (χ2v) is 5.51. The Balaban J connectivity index is 2.84. The van der Waals surface area contributed by atoms with E-state index < -0.39 is 5.41 Å². The zero-order chi connectivity index (χ0) is 12.2. The first-order valence-electron chi connectivity index (χ1n) is 5.19. The van der Waals surface area contributed by atoms with Gasteiger partial charge in [-0.25, -0.2) is 4.98 Å². The maximum absolute atomic E-state index is 11.8. The number of anilines is 1. The van der Waals surface area contributed by atoms with E-state index in [-0.39, 0.29) is 5.91 Å². The van der Waals surface area contributed by atoms with E-state index in [4.69, 9.17) is 0 Å². The monoisotopic (exact) mass is 238 g/mol. The molecule has 88 valence electrons. The van der Waals surface area contributed by atoms with Gasteiger partial charge in [-0.3, -0.25) is 4.79 Å². The second-order valence-electron chi connectivity index (χ2n) is 4.65. The van der Waals surface area contributed by atoms with Gasteiger partial charge in [0, 0.05) is 22.9 Å². The van der Waals surface area contributed by atoms with Crippen LogP contribution in [0.1, 0.15) is 26.3 Å².